The fraction of sp³-hybridized carbons (Fsp3) is 0.333. The SMILES string of the molecule is O=S(=O)(c1ccc(F)cc1)N1CCc2ccc(N3CCOCC3)cc21. The number of halogens is 1. The van der Waals surface area contributed by atoms with Crippen LogP contribution in [0.1, 0.15) is 5.56 Å². The van der Waals surface area contributed by atoms with Gasteiger partial charge in [-0.05, 0) is 48.4 Å². The van der Waals surface area contributed by atoms with E-state index in [2.05, 4.69) is 4.90 Å². The van der Waals surface area contributed by atoms with Gasteiger partial charge in [0.15, 0.2) is 0 Å². The molecule has 2 heterocycles. The highest BCUT2D eigenvalue weighted by Gasteiger charge is 2.31. The molecule has 2 aliphatic heterocycles. The monoisotopic (exact) mass is 362 g/mol. The van der Waals surface area contributed by atoms with Gasteiger partial charge in [0.05, 0.1) is 23.8 Å². The molecule has 0 aromatic heterocycles. The topological polar surface area (TPSA) is 49.9 Å². The lowest BCUT2D eigenvalue weighted by molar-refractivity contribution is 0.122. The van der Waals surface area contributed by atoms with E-state index >= 15 is 0 Å². The second-order valence-corrected chi connectivity index (χ2v) is 8.06. The quantitative estimate of drug-likeness (QED) is 0.841. The molecule has 0 aliphatic carbocycles. The molecule has 7 heteroatoms. The largest absolute Gasteiger partial charge is 0.378 e. The molecule has 0 spiro atoms. The number of anilines is 2. The minimum atomic E-state index is -3.69. The molecular weight excluding hydrogens is 343 g/mol. The Labute approximate surface area is 146 Å². The smallest absolute Gasteiger partial charge is 0.264 e. The van der Waals surface area contributed by atoms with Crippen molar-refractivity contribution in [3.63, 3.8) is 0 Å². The van der Waals surface area contributed by atoms with Crippen LogP contribution in [0.25, 0.3) is 0 Å². The second-order valence-electron chi connectivity index (χ2n) is 6.19. The van der Waals surface area contributed by atoms with Gasteiger partial charge in [0.25, 0.3) is 10.0 Å². The van der Waals surface area contributed by atoms with Gasteiger partial charge in [0.1, 0.15) is 5.82 Å². The van der Waals surface area contributed by atoms with Crippen LogP contribution in [0.2, 0.25) is 0 Å². The molecule has 5 nitrogen and oxygen atoms in total. The molecule has 132 valence electrons. The fourth-order valence-corrected chi connectivity index (χ4v) is 4.84. The Morgan fingerprint density at radius 3 is 2.40 bits per heavy atom. The van der Waals surface area contributed by atoms with Crippen molar-refractivity contribution in [1.82, 2.24) is 0 Å². The van der Waals surface area contributed by atoms with Gasteiger partial charge < -0.3 is 9.64 Å². The Balaban J connectivity index is 1.69. The zero-order chi connectivity index (χ0) is 17.4. The molecule has 0 atom stereocenters. The molecule has 1 saturated heterocycles. The summed E-state index contributed by atoms with van der Waals surface area (Å²) in [5.74, 6) is -0.449. The first-order valence-corrected chi connectivity index (χ1v) is 9.74. The maximum atomic E-state index is 13.1. The average molecular weight is 362 g/mol. The molecule has 0 saturated carbocycles. The number of sulfonamides is 1. The summed E-state index contributed by atoms with van der Waals surface area (Å²) in [5, 5.41) is 0. The second kappa shape index (κ2) is 6.31. The third kappa shape index (κ3) is 2.98. The van der Waals surface area contributed by atoms with E-state index in [1.807, 2.05) is 18.2 Å². The first kappa shape index (κ1) is 16.4. The summed E-state index contributed by atoms with van der Waals surface area (Å²) < 4.78 is 45.9. The molecule has 0 N–H and O–H groups in total. The number of hydrogen-bond acceptors (Lipinski definition) is 4. The van der Waals surface area contributed by atoms with Crippen molar-refractivity contribution in [1.29, 1.82) is 0 Å². The van der Waals surface area contributed by atoms with Crippen LogP contribution in [0.15, 0.2) is 47.4 Å². The van der Waals surface area contributed by atoms with Crippen LogP contribution in [-0.2, 0) is 21.2 Å². The van der Waals surface area contributed by atoms with Gasteiger partial charge in [-0.3, -0.25) is 4.31 Å². The summed E-state index contributed by atoms with van der Waals surface area (Å²) in [6.45, 7) is 3.35. The van der Waals surface area contributed by atoms with Crippen LogP contribution in [0.5, 0.6) is 0 Å². The molecule has 25 heavy (non-hydrogen) atoms. The van der Waals surface area contributed by atoms with Gasteiger partial charge in [-0.2, -0.15) is 0 Å². The van der Waals surface area contributed by atoms with Gasteiger partial charge in [0.2, 0.25) is 0 Å². The predicted octanol–water partition coefficient (Wildman–Crippen LogP) is 2.41. The van der Waals surface area contributed by atoms with Crippen LogP contribution in [0, 0.1) is 5.82 Å². The lowest BCUT2D eigenvalue weighted by Gasteiger charge is -2.30. The summed E-state index contributed by atoms with van der Waals surface area (Å²) in [6, 6.07) is 11.0. The van der Waals surface area contributed by atoms with Crippen molar-refractivity contribution in [3.8, 4) is 0 Å². The molecular formula is C18H19FN2O3S. The van der Waals surface area contributed by atoms with Crippen LogP contribution in [0.3, 0.4) is 0 Å². The van der Waals surface area contributed by atoms with Gasteiger partial charge >= 0.3 is 0 Å². The van der Waals surface area contributed by atoms with E-state index in [4.69, 9.17) is 4.74 Å². The Kier molecular flexibility index (Phi) is 4.13. The number of ether oxygens (including phenoxy) is 1. The van der Waals surface area contributed by atoms with Crippen molar-refractivity contribution < 1.29 is 17.5 Å². The van der Waals surface area contributed by atoms with Crippen LogP contribution >= 0.6 is 0 Å². The molecule has 0 radical (unpaired) electrons. The number of rotatable bonds is 3. The van der Waals surface area contributed by atoms with E-state index < -0.39 is 15.8 Å². The van der Waals surface area contributed by atoms with Crippen LogP contribution in [-0.4, -0.2) is 41.3 Å². The molecule has 0 bridgehead atoms. The highest BCUT2D eigenvalue weighted by Crippen LogP contribution is 2.36. The minimum Gasteiger partial charge on any atom is -0.378 e. The van der Waals surface area contributed by atoms with Gasteiger partial charge in [0, 0.05) is 25.3 Å². The van der Waals surface area contributed by atoms with Gasteiger partial charge in [-0.25, -0.2) is 12.8 Å². The maximum Gasteiger partial charge on any atom is 0.264 e. The normalized spacial score (nSPS) is 17.6. The summed E-state index contributed by atoms with van der Waals surface area (Å²) in [4.78, 5) is 2.31. The van der Waals surface area contributed by atoms with Crippen LogP contribution < -0.4 is 9.21 Å². The lowest BCUT2D eigenvalue weighted by atomic mass is 10.1. The Hall–Kier alpha value is -2.12. The summed E-state index contributed by atoms with van der Waals surface area (Å²) in [6.07, 6.45) is 0.680. The number of hydrogen-bond donors (Lipinski definition) is 0. The molecule has 2 aromatic rings. The lowest BCUT2D eigenvalue weighted by Crippen LogP contribution is -2.36. The number of fused-ring (bicyclic) bond motifs is 1. The van der Waals surface area contributed by atoms with Crippen LogP contribution in [0.4, 0.5) is 15.8 Å². The highest BCUT2D eigenvalue weighted by atomic mass is 32.2. The standard InChI is InChI=1S/C18H19FN2O3S/c19-15-2-5-17(6-3-15)25(22,23)21-8-7-14-1-4-16(13-18(14)21)20-9-11-24-12-10-20/h1-6,13H,7-12H2. The van der Waals surface area contributed by atoms with E-state index in [0.29, 0.717) is 31.9 Å². The Bertz CT molecular complexity index is 878. The number of benzene rings is 2. The van der Waals surface area contributed by atoms with Crippen molar-refractivity contribution in [2.75, 3.05) is 42.1 Å². The predicted molar refractivity (Wildman–Crippen MR) is 94.1 cm³/mol. The molecule has 2 aliphatic rings. The summed E-state index contributed by atoms with van der Waals surface area (Å²) in [5.41, 5.74) is 2.74. The number of nitrogens with zero attached hydrogens (tertiary/aromatic N) is 2. The van der Waals surface area contributed by atoms with Crippen molar-refractivity contribution in [2.45, 2.75) is 11.3 Å². The van der Waals surface area contributed by atoms with Crippen molar-refractivity contribution in [3.05, 3.63) is 53.8 Å². The summed E-state index contributed by atoms with van der Waals surface area (Å²) in [7, 11) is -3.69. The first-order valence-electron chi connectivity index (χ1n) is 8.30. The first-order chi connectivity index (χ1) is 12.1. The number of morpholine rings is 1. The van der Waals surface area contributed by atoms with E-state index in [9.17, 15) is 12.8 Å². The van der Waals surface area contributed by atoms with Crippen molar-refractivity contribution in [2.24, 2.45) is 0 Å². The zero-order valence-corrected chi connectivity index (χ0v) is 14.5. The average Bonchev–Trinajstić information content (AvgIpc) is 3.07. The fourth-order valence-electron chi connectivity index (χ4n) is 3.34. The van der Waals surface area contributed by atoms with E-state index in [-0.39, 0.29) is 4.90 Å². The van der Waals surface area contributed by atoms with E-state index in [1.165, 1.54) is 28.6 Å². The minimum absolute atomic E-state index is 0.110. The third-order valence-corrected chi connectivity index (χ3v) is 6.53. The van der Waals surface area contributed by atoms with Crippen molar-refractivity contribution >= 4 is 21.4 Å². The Morgan fingerprint density at radius 1 is 0.960 bits per heavy atom. The van der Waals surface area contributed by atoms with E-state index in [0.717, 1.165) is 24.3 Å². The van der Waals surface area contributed by atoms with Gasteiger partial charge in [-0.1, -0.05) is 6.07 Å². The molecule has 4 rings (SSSR count). The van der Waals surface area contributed by atoms with E-state index in [1.54, 1.807) is 0 Å². The molecule has 0 unspecified atom stereocenters. The maximum absolute atomic E-state index is 13.1. The Morgan fingerprint density at radius 2 is 1.68 bits per heavy atom. The molecule has 1 fully saturated rings. The van der Waals surface area contributed by atoms with Gasteiger partial charge in [-0.15, -0.1) is 0 Å². The highest BCUT2D eigenvalue weighted by molar-refractivity contribution is 7.92. The molecule has 0 amide bonds. The third-order valence-electron chi connectivity index (χ3n) is 4.70. The zero-order valence-electron chi connectivity index (χ0n) is 13.7. The summed E-state index contributed by atoms with van der Waals surface area (Å²) >= 11 is 0. The molecule has 2 aromatic carbocycles.